The van der Waals surface area contributed by atoms with Gasteiger partial charge in [-0.2, -0.15) is 0 Å². The Kier molecular flexibility index (Phi) is 7.32. The van der Waals surface area contributed by atoms with Crippen LogP contribution >= 0.6 is 0 Å². The number of hydrogen-bond acceptors (Lipinski definition) is 3. The van der Waals surface area contributed by atoms with Crippen LogP contribution in [0.3, 0.4) is 0 Å². The summed E-state index contributed by atoms with van der Waals surface area (Å²) in [4.78, 5) is 0. The van der Waals surface area contributed by atoms with Crippen LogP contribution < -0.4 is 5.32 Å². The maximum absolute atomic E-state index is 11.0. The molecule has 0 amide bonds. The van der Waals surface area contributed by atoms with Crippen molar-refractivity contribution in [3.05, 3.63) is 12.2 Å². The second-order valence-electron chi connectivity index (χ2n) is 15.9. The molecule has 0 heterocycles. The first-order valence-corrected chi connectivity index (χ1v) is 15.9. The van der Waals surface area contributed by atoms with Crippen LogP contribution in [0.5, 0.6) is 0 Å². The van der Waals surface area contributed by atoms with E-state index in [2.05, 4.69) is 53.4 Å². The minimum absolute atomic E-state index is 0.0418. The summed E-state index contributed by atoms with van der Waals surface area (Å²) in [6.45, 7) is 22.7. The largest absolute Gasteiger partial charge is 0.393 e. The van der Waals surface area contributed by atoms with E-state index in [1.54, 1.807) is 7.11 Å². The van der Waals surface area contributed by atoms with Gasteiger partial charge in [0.05, 0.1) is 12.7 Å². The van der Waals surface area contributed by atoms with Crippen LogP contribution in [0.25, 0.3) is 0 Å². The van der Waals surface area contributed by atoms with Crippen molar-refractivity contribution in [1.82, 2.24) is 5.32 Å². The lowest BCUT2D eigenvalue weighted by Crippen LogP contribution is -2.66. The minimum atomic E-state index is -0.135. The molecule has 5 fully saturated rings. The first-order valence-electron chi connectivity index (χ1n) is 15.9. The molecule has 0 saturated heterocycles. The third kappa shape index (κ3) is 3.98. The molecule has 0 aromatic carbocycles. The first-order chi connectivity index (χ1) is 17.4. The van der Waals surface area contributed by atoms with Gasteiger partial charge in [-0.3, -0.25) is 0 Å². The summed E-state index contributed by atoms with van der Waals surface area (Å²) in [5.74, 6) is 3.78. The quantitative estimate of drug-likeness (QED) is 0.272. The van der Waals surface area contributed by atoms with Crippen molar-refractivity contribution in [3.8, 4) is 0 Å². The van der Waals surface area contributed by atoms with Crippen LogP contribution in [0.1, 0.15) is 112 Å². The normalized spacial score (nSPS) is 50.5. The van der Waals surface area contributed by atoms with Crippen LogP contribution in [0.15, 0.2) is 12.2 Å². The summed E-state index contributed by atoms with van der Waals surface area (Å²) < 4.78 is 5.29. The molecular formula is C34H59NO2. The van der Waals surface area contributed by atoms with Crippen LogP contribution in [-0.4, -0.2) is 38.0 Å². The molecule has 37 heavy (non-hydrogen) atoms. The van der Waals surface area contributed by atoms with Gasteiger partial charge in [-0.1, -0.05) is 46.8 Å². The maximum atomic E-state index is 11.0. The smallest absolute Gasteiger partial charge is 0.0594 e. The van der Waals surface area contributed by atoms with Gasteiger partial charge in [-0.25, -0.2) is 0 Å². The number of hydrogen-bond donors (Lipinski definition) is 2. The van der Waals surface area contributed by atoms with E-state index < -0.39 is 0 Å². The predicted octanol–water partition coefficient (Wildman–Crippen LogP) is 7.63. The minimum Gasteiger partial charge on any atom is -0.393 e. The lowest BCUT2D eigenvalue weighted by atomic mass is 9.32. The van der Waals surface area contributed by atoms with Gasteiger partial charge in [-0.15, -0.1) is 0 Å². The highest BCUT2D eigenvalue weighted by atomic mass is 16.5. The van der Waals surface area contributed by atoms with E-state index >= 15 is 0 Å². The standard InChI is InChI=1S/C34H59NO2/c1-23(2)24-11-16-34(19-20-35-21-22-37-8)18-17-32(6)25(29(24)34)9-10-27-31(5)14-13-28(36)30(3,4)26(31)12-15-33(27,32)7/h24-29,35-36H,1,9-22H2,2-8H3/t24-,25+,26-,27+,28-,29+,31-,32+,33+,34+/m0/s1. The Balaban J connectivity index is 1.45. The fourth-order valence-electron chi connectivity index (χ4n) is 12.3. The molecule has 3 heteroatoms. The summed E-state index contributed by atoms with van der Waals surface area (Å²) in [5.41, 5.74) is 3.18. The van der Waals surface area contributed by atoms with E-state index in [0.717, 1.165) is 43.9 Å². The van der Waals surface area contributed by atoms with Crippen LogP contribution in [0.4, 0.5) is 0 Å². The molecule has 0 aromatic rings. The number of aliphatic hydroxyl groups is 1. The lowest BCUT2D eigenvalue weighted by molar-refractivity contribution is -0.247. The van der Waals surface area contributed by atoms with Crippen LogP contribution in [-0.2, 0) is 4.74 Å². The van der Waals surface area contributed by atoms with E-state index in [1.807, 2.05) is 0 Å². The Labute approximate surface area is 229 Å². The second-order valence-corrected chi connectivity index (χ2v) is 15.9. The molecule has 5 aliphatic carbocycles. The van der Waals surface area contributed by atoms with Gasteiger partial charge in [0.2, 0.25) is 0 Å². The fourth-order valence-corrected chi connectivity index (χ4v) is 12.3. The van der Waals surface area contributed by atoms with Gasteiger partial charge in [0.1, 0.15) is 0 Å². The van der Waals surface area contributed by atoms with Gasteiger partial charge in [0.25, 0.3) is 0 Å². The molecule has 5 aliphatic rings. The summed E-state index contributed by atoms with van der Waals surface area (Å²) in [5, 5.41) is 14.7. The zero-order chi connectivity index (χ0) is 26.9. The lowest BCUT2D eigenvalue weighted by Gasteiger charge is -2.73. The van der Waals surface area contributed by atoms with Crippen LogP contribution in [0.2, 0.25) is 0 Å². The highest BCUT2D eigenvalue weighted by Gasteiger charge is 2.70. The van der Waals surface area contributed by atoms with Gasteiger partial charge >= 0.3 is 0 Å². The predicted molar refractivity (Wildman–Crippen MR) is 154 cm³/mol. The van der Waals surface area contributed by atoms with Gasteiger partial charge in [0.15, 0.2) is 0 Å². The molecule has 5 saturated carbocycles. The topological polar surface area (TPSA) is 41.5 Å². The fraction of sp³-hybridized carbons (Fsp3) is 0.941. The summed E-state index contributed by atoms with van der Waals surface area (Å²) in [6, 6.07) is 0. The molecule has 10 atom stereocenters. The van der Waals surface area contributed by atoms with Crippen LogP contribution in [0, 0.1) is 56.7 Å². The number of methoxy groups -OCH3 is 1. The zero-order valence-electron chi connectivity index (χ0n) is 25.4. The molecule has 0 aliphatic heterocycles. The summed E-state index contributed by atoms with van der Waals surface area (Å²) in [7, 11) is 1.80. The first kappa shape index (κ1) is 28.2. The van der Waals surface area contributed by atoms with Gasteiger partial charge in [0, 0.05) is 13.7 Å². The molecule has 0 unspecified atom stereocenters. The van der Waals surface area contributed by atoms with E-state index in [4.69, 9.17) is 4.74 Å². The van der Waals surface area contributed by atoms with E-state index in [9.17, 15) is 5.11 Å². The molecular weight excluding hydrogens is 454 g/mol. The molecule has 0 spiro atoms. The van der Waals surface area contributed by atoms with Crippen molar-refractivity contribution in [1.29, 1.82) is 0 Å². The van der Waals surface area contributed by atoms with E-state index in [1.165, 1.54) is 69.8 Å². The number of allylic oxidation sites excluding steroid dienone is 1. The van der Waals surface area contributed by atoms with Crippen molar-refractivity contribution < 1.29 is 9.84 Å². The molecule has 0 radical (unpaired) electrons. The second kappa shape index (κ2) is 9.62. The maximum Gasteiger partial charge on any atom is 0.0594 e. The number of nitrogens with one attached hydrogen (secondary N) is 1. The van der Waals surface area contributed by atoms with Crippen molar-refractivity contribution >= 4 is 0 Å². The average Bonchev–Trinajstić information content (AvgIpc) is 3.22. The summed E-state index contributed by atoms with van der Waals surface area (Å²) >= 11 is 0. The van der Waals surface area contributed by atoms with Crippen molar-refractivity contribution in [2.24, 2.45) is 56.7 Å². The van der Waals surface area contributed by atoms with Gasteiger partial charge in [-0.05, 0) is 141 Å². The Morgan fingerprint density at radius 3 is 2.32 bits per heavy atom. The monoisotopic (exact) mass is 513 g/mol. The highest BCUT2D eigenvalue weighted by Crippen LogP contribution is 2.77. The average molecular weight is 514 g/mol. The Morgan fingerprint density at radius 2 is 1.62 bits per heavy atom. The number of rotatable bonds is 7. The van der Waals surface area contributed by atoms with E-state index in [-0.39, 0.29) is 11.5 Å². The van der Waals surface area contributed by atoms with Crippen molar-refractivity contribution in [3.63, 3.8) is 0 Å². The number of aliphatic hydroxyl groups excluding tert-OH is 1. The number of ether oxygens (including phenoxy) is 1. The summed E-state index contributed by atoms with van der Waals surface area (Å²) in [6.07, 6.45) is 14.5. The highest BCUT2D eigenvalue weighted by molar-refractivity contribution is 5.21. The molecule has 0 bridgehead atoms. The molecule has 5 rings (SSSR count). The molecule has 0 aromatic heterocycles. The Bertz CT molecular complexity index is 868. The molecule has 3 nitrogen and oxygen atoms in total. The SMILES string of the molecule is C=C(C)[C@@H]1CC[C@]2(CCNCCOC)CC[C@]3(C)[C@H](CC[C@@H]4[C@@]5(C)CC[C@H](O)C(C)(C)[C@@H]5CC[C@]43C)[C@@H]12. The zero-order valence-corrected chi connectivity index (χ0v) is 25.4. The number of fused-ring (bicyclic) bond motifs is 7. The van der Waals surface area contributed by atoms with Crippen molar-refractivity contribution in [2.75, 3.05) is 26.8 Å². The van der Waals surface area contributed by atoms with E-state index in [0.29, 0.717) is 33.5 Å². The van der Waals surface area contributed by atoms with Crippen molar-refractivity contribution in [2.45, 2.75) is 118 Å². The Hall–Kier alpha value is -0.380. The van der Waals surface area contributed by atoms with Gasteiger partial charge < -0.3 is 15.2 Å². The molecule has 2 N–H and O–H groups in total. The Morgan fingerprint density at radius 1 is 0.865 bits per heavy atom. The third-order valence-electron chi connectivity index (χ3n) is 14.5. The third-order valence-corrected chi connectivity index (χ3v) is 14.5. The molecule has 212 valence electrons.